The predicted molar refractivity (Wildman–Crippen MR) is 59.2 cm³/mol. The molecule has 8 heteroatoms. The molecule has 0 aromatic carbocycles. The molecule has 0 bridgehead atoms. The Bertz CT molecular complexity index is 477. The minimum atomic E-state index is -3.13. The molecule has 1 atom stereocenters. The van der Waals surface area contributed by atoms with E-state index in [1.165, 1.54) is 0 Å². The largest absolute Gasteiger partial charge is 0.368 e. The smallest absolute Gasteiger partial charge is 0.222 e. The summed E-state index contributed by atoms with van der Waals surface area (Å²) in [5.74, 6) is -0.954. The van der Waals surface area contributed by atoms with E-state index in [1.54, 1.807) is 6.92 Å². The molecule has 1 aromatic rings. The first-order chi connectivity index (χ1) is 7.28. The molecule has 6 nitrogen and oxygen atoms in total. The van der Waals surface area contributed by atoms with E-state index in [4.69, 9.17) is 5.73 Å². The van der Waals surface area contributed by atoms with Crippen molar-refractivity contribution in [2.75, 3.05) is 23.1 Å². The van der Waals surface area contributed by atoms with Crippen molar-refractivity contribution in [3.05, 3.63) is 12.0 Å². The Labute approximate surface area is 93.0 Å². The fourth-order valence-corrected chi connectivity index (χ4v) is 2.20. The van der Waals surface area contributed by atoms with Gasteiger partial charge in [0.25, 0.3) is 0 Å². The second kappa shape index (κ2) is 4.60. The van der Waals surface area contributed by atoms with Gasteiger partial charge in [0.15, 0.2) is 11.6 Å². The number of nitrogen functional groups attached to an aromatic ring is 1. The van der Waals surface area contributed by atoms with Crippen molar-refractivity contribution in [2.24, 2.45) is 0 Å². The van der Waals surface area contributed by atoms with Crippen LogP contribution in [0.25, 0.3) is 0 Å². The third-order valence-corrected chi connectivity index (χ3v) is 2.80. The third kappa shape index (κ3) is 3.97. The average Bonchev–Trinajstić information content (AvgIpc) is 2.08. The van der Waals surface area contributed by atoms with Crippen molar-refractivity contribution in [3.63, 3.8) is 0 Å². The van der Waals surface area contributed by atoms with E-state index in [2.05, 4.69) is 15.3 Å². The van der Waals surface area contributed by atoms with Crippen LogP contribution in [0.5, 0.6) is 0 Å². The lowest BCUT2D eigenvalue weighted by Gasteiger charge is -2.13. The third-order valence-electron chi connectivity index (χ3n) is 1.70. The predicted octanol–water partition coefficient (Wildman–Crippen LogP) is 0.0429. The van der Waals surface area contributed by atoms with Crippen molar-refractivity contribution in [2.45, 2.75) is 13.0 Å². The van der Waals surface area contributed by atoms with E-state index in [1.807, 2.05) is 0 Å². The Balaban J connectivity index is 2.77. The lowest BCUT2D eigenvalue weighted by atomic mass is 10.4. The van der Waals surface area contributed by atoms with Crippen LogP contribution in [0, 0.1) is 5.82 Å². The fourth-order valence-electron chi connectivity index (χ4n) is 1.21. The van der Waals surface area contributed by atoms with Gasteiger partial charge in [-0.1, -0.05) is 0 Å². The summed E-state index contributed by atoms with van der Waals surface area (Å²) < 4.78 is 35.2. The number of anilines is 2. The molecule has 0 aliphatic rings. The van der Waals surface area contributed by atoms with Crippen LogP contribution >= 0.6 is 0 Å². The molecule has 0 amide bonds. The van der Waals surface area contributed by atoms with Crippen LogP contribution in [0.15, 0.2) is 6.20 Å². The Morgan fingerprint density at radius 2 is 2.25 bits per heavy atom. The van der Waals surface area contributed by atoms with Crippen molar-refractivity contribution < 1.29 is 12.8 Å². The molecule has 1 unspecified atom stereocenters. The zero-order valence-corrected chi connectivity index (χ0v) is 9.75. The lowest BCUT2D eigenvalue weighted by molar-refractivity contribution is 0.595. The second-order valence-electron chi connectivity index (χ2n) is 3.56. The van der Waals surface area contributed by atoms with Gasteiger partial charge < -0.3 is 11.1 Å². The van der Waals surface area contributed by atoms with Gasteiger partial charge in [-0.3, -0.25) is 0 Å². The minimum absolute atomic E-state index is 0.0737. The van der Waals surface area contributed by atoms with E-state index in [9.17, 15) is 12.8 Å². The zero-order valence-electron chi connectivity index (χ0n) is 8.94. The van der Waals surface area contributed by atoms with Crippen LogP contribution in [0.4, 0.5) is 16.2 Å². The summed E-state index contributed by atoms with van der Waals surface area (Å²) in [6, 6.07) is -0.459. The molecule has 3 N–H and O–H groups in total. The maximum absolute atomic E-state index is 13.2. The van der Waals surface area contributed by atoms with Crippen LogP contribution in [0.1, 0.15) is 6.92 Å². The number of hydrogen-bond donors (Lipinski definition) is 2. The Morgan fingerprint density at radius 3 is 2.81 bits per heavy atom. The number of aromatic nitrogens is 2. The minimum Gasteiger partial charge on any atom is -0.368 e. The van der Waals surface area contributed by atoms with Gasteiger partial charge in [0.1, 0.15) is 9.84 Å². The summed E-state index contributed by atoms with van der Waals surface area (Å²) in [5.41, 5.74) is 5.28. The highest BCUT2D eigenvalue weighted by atomic mass is 32.2. The van der Waals surface area contributed by atoms with Gasteiger partial charge in [-0.05, 0) is 6.92 Å². The molecule has 1 heterocycles. The van der Waals surface area contributed by atoms with E-state index in [0.717, 1.165) is 12.5 Å². The molecule has 0 saturated heterocycles. The first-order valence-electron chi connectivity index (χ1n) is 4.50. The number of nitrogens with two attached hydrogens (primary N) is 1. The standard InChI is InChI=1S/C8H13FN4O2S/c1-5(4-16(2,14)15)12-7-6(9)3-11-8(10)13-7/h3,5H,4H2,1-2H3,(H3,10,11,12,13). The normalized spacial score (nSPS) is 13.4. The molecular weight excluding hydrogens is 235 g/mol. The van der Waals surface area contributed by atoms with Crippen molar-refractivity contribution in [1.82, 2.24) is 9.97 Å². The summed E-state index contributed by atoms with van der Waals surface area (Å²) in [5, 5.41) is 2.62. The van der Waals surface area contributed by atoms with Gasteiger partial charge in [-0.15, -0.1) is 0 Å². The van der Waals surface area contributed by atoms with E-state index >= 15 is 0 Å². The Hall–Kier alpha value is -1.44. The topological polar surface area (TPSA) is 98.0 Å². The lowest BCUT2D eigenvalue weighted by Crippen LogP contribution is -2.26. The summed E-state index contributed by atoms with van der Waals surface area (Å²) in [6.45, 7) is 1.61. The highest BCUT2D eigenvalue weighted by Crippen LogP contribution is 2.11. The second-order valence-corrected chi connectivity index (χ2v) is 5.75. The molecule has 1 aromatic heterocycles. The maximum atomic E-state index is 13.2. The van der Waals surface area contributed by atoms with Crippen molar-refractivity contribution in [3.8, 4) is 0 Å². The van der Waals surface area contributed by atoms with Crippen LogP contribution in [0.3, 0.4) is 0 Å². The van der Waals surface area contributed by atoms with E-state index in [0.29, 0.717) is 0 Å². The molecule has 0 radical (unpaired) electrons. The van der Waals surface area contributed by atoms with Gasteiger partial charge in [-0.25, -0.2) is 17.8 Å². The molecule has 0 aliphatic heterocycles. The quantitative estimate of drug-likeness (QED) is 0.781. The van der Waals surface area contributed by atoms with E-state index < -0.39 is 21.7 Å². The van der Waals surface area contributed by atoms with Gasteiger partial charge in [0.05, 0.1) is 11.9 Å². The average molecular weight is 248 g/mol. The van der Waals surface area contributed by atoms with Crippen LogP contribution in [-0.4, -0.2) is 36.4 Å². The number of nitrogens with one attached hydrogen (secondary N) is 1. The van der Waals surface area contributed by atoms with Gasteiger partial charge in [-0.2, -0.15) is 4.98 Å². The van der Waals surface area contributed by atoms with Crippen LogP contribution < -0.4 is 11.1 Å². The summed E-state index contributed by atoms with van der Waals surface area (Å²) in [6.07, 6.45) is 2.04. The van der Waals surface area contributed by atoms with E-state index in [-0.39, 0.29) is 17.5 Å². The molecular formula is C8H13FN4O2S. The SMILES string of the molecule is CC(CS(C)(=O)=O)Nc1nc(N)ncc1F. The highest BCUT2D eigenvalue weighted by Gasteiger charge is 2.13. The number of hydrogen-bond acceptors (Lipinski definition) is 6. The van der Waals surface area contributed by atoms with Gasteiger partial charge in [0, 0.05) is 12.3 Å². The molecule has 0 spiro atoms. The summed E-state index contributed by atoms with van der Waals surface area (Å²) >= 11 is 0. The Morgan fingerprint density at radius 1 is 1.62 bits per heavy atom. The number of rotatable bonds is 4. The Kier molecular flexibility index (Phi) is 3.63. The maximum Gasteiger partial charge on any atom is 0.222 e. The summed E-state index contributed by atoms with van der Waals surface area (Å²) in [4.78, 5) is 7.08. The first-order valence-corrected chi connectivity index (χ1v) is 6.56. The molecule has 90 valence electrons. The first kappa shape index (κ1) is 12.6. The van der Waals surface area contributed by atoms with Gasteiger partial charge >= 0.3 is 0 Å². The number of sulfone groups is 1. The fraction of sp³-hybridized carbons (Fsp3) is 0.500. The monoisotopic (exact) mass is 248 g/mol. The zero-order chi connectivity index (χ0) is 12.3. The van der Waals surface area contributed by atoms with Crippen LogP contribution in [0.2, 0.25) is 0 Å². The molecule has 0 saturated carbocycles. The van der Waals surface area contributed by atoms with Crippen molar-refractivity contribution >= 4 is 21.6 Å². The number of nitrogens with zero attached hydrogens (tertiary/aromatic N) is 2. The van der Waals surface area contributed by atoms with Crippen LogP contribution in [-0.2, 0) is 9.84 Å². The molecule has 0 aliphatic carbocycles. The molecule has 1 rings (SSSR count). The van der Waals surface area contributed by atoms with Crippen molar-refractivity contribution in [1.29, 1.82) is 0 Å². The number of halogens is 1. The summed E-state index contributed by atoms with van der Waals surface area (Å²) in [7, 11) is -3.13. The molecule has 0 fully saturated rings. The molecule has 16 heavy (non-hydrogen) atoms. The highest BCUT2D eigenvalue weighted by molar-refractivity contribution is 7.90. The van der Waals surface area contributed by atoms with Gasteiger partial charge in [0.2, 0.25) is 5.95 Å².